The molecule has 0 spiro atoms. The fourth-order valence-electron chi connectivity index (χ4n) is 2.29. The first kappa shape index (κ1) is 14.5. The van der Waals surface area contributed by atoms with E-state index in [1.807, 2.05) is 0 Å². The van der Waals surface area contributed by atoms with Gasteiger partial charge in [-0.25, -0.2) is 0 Å². The molecule has 1 atom stereocenters. The summed E-state index contributed by atoms with van der Waals surface area (Å²) in [7, 11) is 1.52. The number of fused-ring (bicyclic) bond motifs is 1. The summed E-state index contributed by atoms with van der Waals surface area (Å²) in [6, 6.07) is 10.0. The number of furan rings is 1. The Morgan fingerprint density at radius 3 is 2.73 bits per heavy atom. The van der Waals surface area contributed by atoms with Crippen LogP contribution in [0, 0.1) is 0 Å². The monoisotopic (exact) mass is 320 g/mol. The second kappa shape index (κ2) is 5.73. The number of anilines is 1. The Bertz CT molecular complexity index is 728. The molecule has 6 nitrogen and oxygen atoms in total. The van der Waals surface area contributed by atoms with Crippen molar-refractivity contribution >= 4 is 29.1 Å². The van der Waals surface area contributed by atoms with Gasteiger partial charge in [0.25, 0.3) is 11.8 Å². The fraction of sp³-hybridized carbons (Fsp3) is 0.200. The third-order valence-electron chi connectivity index (χ3n) is 3.34. The lowest BCUT2D eigenvalue weighted by Crippen LogP contribution is -2.50. The molecule has 0 bridgehead atoms. The SMILES string of the molecule is CNC(=O)[C@@H]1CN(C(=O)c2ccc(Cl)o2)c2ccccc2O1. The first-order chi connectivity index (χ1) is 10.6. The zero-order valence-corrected chi connectivity index (χ0v) is 12.5. The quantitative estimate of drug-likeness (QED) is 0.919. The van der Waals surface area contributed by atoms with E-state index in [9.17, 15) is 9.59 Å². The number of carbonyl (C=O) groups is 2. The summed E-state index contributed by atoms with van der Waals surface area (Å²) in [5.74, 6) is -0.105. The minimum absolute atomic E-state index is 0.0911. The van der Waals surface area contributed by atoms with Crippen LogP contribution in [0.25, 0.3) is 0 Å². The number of nitrogens with one attached hydrogen (secondary N) is 1. The molecule has 0 saturated heterocycles. The van der Waals surface area contributed by atoms with E-state index < -0.39 is 6.10 Å². The van der Waals surface area contributed by atoms with Crippen LogP contribution >= 0.6 is 11.6 Å². The van der Waals surface area contributed by atoms with Crippen LogP contribution in [-0.4, -0.2) is 31.5 Å². The van der Waals surface area contributed by atoms with Gasteiger partial charge in [0, 0.05) is 7.05 Å². The molecule has 1 aliphatic heterocycles. The Hall–Kier alpha value is -2.47. The summed E-state index contributed by atoms with van der Waals surface area (Å²) in [4.78, 5) is 25.9. The van der Waals surface area contributed by atoms with Crippen LogP contribution in [0.5, 0.6) is 5.75 Å². The smallest absolute Gasteiger partial charge is 0.294 e. The third kappa shape index (κ3) is 2.53. The third-order valence-corrected chi connectivity index (χ3v) is 3.54. The molecular formula is C15H13ClN2O4. The Kier molecular flexibility index (Phi) is 3.77. The maximum absolute atomic E-state index is 12.6. The Morgan fingerprint density at radius 2 is 2.05 bits per heavy atom. The van der Waals surface area contributed by atoms with Gasteiger partial charge < -0.3 is 14.5 Å². The molecule has 2 heterocycles. The summed E-state index contributed by atoms with van der Waals surface area (Å²) in [6.45, 7) is 0.0911. The molecule has 0 saturated carbocycles. The number of halogens is 1. The molecule has 0 fully saturated rings. The van der Waals surface area contributed by atoms with Gasteiger partial charge in [-0.15, -0.1) is 0 Å². The van der Waals surface area contributed by atoms with Gasteiger partial charge >= 0.3 is 0 Å². The molecule has 0 unspecified atom stereocenters. The summed E-state index contributed by atoms with van der Waals surface area (Å²) >= 11 is 5.72. The largest absolute Gasteiger partial charge is 0.477 e. The zero-order chi connectivity index (χ0) is 15.7. The van der Waals surface area contributed by atoms with Crippen LogP contribution in [0.3, 0.4) is 0 Å². The zero-order valence-electron chi connectivity index (χ0n) is 11.7. The van der Waals surface area contributed by atoms with Crippen LogP contribution in [0.4, 0.5) is 5.69 Å². The number of benzene rings is 1. The van der Waals surface area contributed by atoms with E-state index in [0.29, 0.717) is 11.4 Å². The molecule has 7 heteroatoms. The van der Waals surface area contributed by atoms with Crippen molar-refractivity contribution in [1.29, 1.82) is 0 Å². The second-order valence-corrected chi connectivity index (χ2v) is 5.08. The van der Waals surface area contributed by atoms with Crippen molar-refractivity contribution in [2.24, 2.45) is 0 Å². The molecule has 1 aliphatic rings. The standard InChI is InChI=1S/C15H13ClN2O4/c1-17-14(19)12-8-18(9-4-2-3-5-10(9)21-12)15(20)11-6-7-13(16)22-11/h2-7,12H,8H2,1H3,(H,17,19)/t12-/m0/s1. The molecule has 2 amide bonds. The van der Waals surface area contributed by atoms with Crippen molar-refractivity contribution in [2.75, 3.05) is 18.5 Å². The molecule has 0 radical (unpaired) electrons. The van der Waals surface area contributed by atoms with Crippen molar-refractivity contribution in [3.8, 4) is 5.75 Å². The van der Waals surface area contributed by atoms with Gasteiger partial charge in [0.1, 0.15) is 5.75 Å². The number of para-hydroxylation sites is 2. The Morgan fingerprint density at radius 1 is 1.27 bits per heavy atom. The second-order valence-electron chi connectivity index (χ2n) is 4.71. The lowest BCUT2D eigenvalue weighted by molar-refractivity contribution is -0.127. The first-order valence-electron chi connectivity index (χ1n) is 6.64. The van der Waals surface area contributed by atoms with Gasteiger partial charge in [-0.05, 0) is 35.9 Å². The van der Waals surface area contributed by atoms with Crippen LogP contribution in [0.2, 0.25) is 5.22 Å². The highest BCUT2D eigenvalue weighted by Crippen LogP contribution is 2.34. The first-order valence-corrected chi connectivity index (χ1v) is 7.02. The fourth-order valence-corrected chi connectivity index (χ4v) is 2.43. The molecule has 3 rings (SSSR count). The summed E-state index contributed by atoms with van der Waals surface area (Å²) in [5.41, 5.74) is 0.583. The molecule has 1 aromatic carbocycles. The topological polar surface area (TPSA) is 71.8 Å². The number of carbonyl (C=O) groups excluding carboxylic acids is 2. The van der Waals surface area contributed by atoms with Crippen molar-refractivity contribution in [3.05, 3.63) is 47.4 Å². The van der Waals surface area contributed by atoms with Crippen LogP contribution in [-0.2, 0) is 4.79 Å². The number of ether oxygens (including phenoxy) is 1. The highest BCUT2D eigenvalue weighted by Gasteiger charge is 2.34. The van der Waals surface area contributed by atoms with E-state index >= 15 is 0 Å². The van der Waals surface area contributed by atoms with Gasteiger partial charge in [0.05, 0.1) is 12.2 Å². The van der Waals surface area contributed by atoms with E-state index in [2.05, 4.69) is 5.32 Å². The van der Waals surface area contributed by atoms with Gasteiger partial charge in [-0.2, -0.15) is 0 Å². The summed E-state index contributed by atoms with van der Waals surface area (Å²) in [5, 5.41) is 2.65. The van der Waals surface area contributed by atoms with Crippen molar-refractivity contribution in [2.45, 2.75) is 6.10 Å². The molecule has 114 valence electrons. The van der Waals surface area contributed by atoms with Crippen molar-refractivity contribution in [3.63, 3.8) is 0 Å². The predicted octanol–water partition coefficient (Wildman–Crippen LogP) is 2.09. The minimum atomic E-state index is -0.783. The number of hydrogen-bond acceptors (Lipinski definition) is 4. The number of rotatable bonds is 2. The number of amides is 2. The normalized spacial score (nSPS) is 16.6. The summed E-state index contributed by atoms with van der Waals surface area (Å²) < 4.78 is 10.8. The Labute approximate surface area is 131 Å². The highest BCUT2D eigenvalue weighted by molar-refractivity contribution is 6.29. The molecule has 1 N–H and O–H groups in total. The maximum Gasteiger partial charge on any atom is 0.294 e. The van der Waals surface area contributed by atoms with E-state index in [1.54, 1.807) is 24.3 Å². The minimum Gasteiger partial charge on any atom is -0.477 e. The van der Waals surface area contributed by atoms with E-state index in [1.165, 1.54) is 24.1 Å². The van der Waals surface area contributed by atoms with Gasteiger partial charge in [-0.1, -0.05) is 12.1 Å². The van der Waals surface area contributed by atoms with E-state index in [0.717, 1.165) is 0 Å². The van der Waals surface area contributed by atoms with Gasteiger partial charge in [-0.3, -0.25) is 14.5 Å². The highest BCUT2D eigenvalue weighted by atomic mass is 35.5. The van der Waals surface area contributed by atoms with Crippen LogP contribution < -0.4 is 15.0 Å². The van der Waals surface area contributed by atoms with Crippen molar-refractivity contribution in [1.82, 2.24) is 5.32 Å². The van der Waals surface area contributed by atoms with Crippen LogP contribution in [0.15, 0.2) is 40.8 Å². The number of hydrogen-bond donors (Lipinski definition) is 1. The molecular weight excluding hydrogens is 308 g/mol. The van der Waals surface area contributed by atoms with Gasteiger partial charge in [0.15, 0.2) is 17.1 Å². The Balaban J connectivity index is 1.98. The molecule has 0 aliphatic carbocycles. The summed E-state index contributed by atoms with van der Waals surface area (Å²) in [6.07, 6.45) is -0.783. The van der Waals surface area contributed by atoms with Crippen molar-refractivity contribution < 1.29 is 18.7 Å². The van der Waals surface area contributed by atoms with Crippen LogP contribution in [0.1, 0.15) is 10.6 Å². The van der Waals surface area contributed by atoms with E-state index in [4.69, 9.17) is 20.8 Å². The predicted molar refractivity (Wildman–Crippen MR) is 80.3 cm³/mol. The van der Waals surface area contributed by atoms with Gasteiger partial charge in [0.2, 0.25) is 0 Å². The molecule has 2 aromatic rings. The number of nitrogens with zero attached hydrogens (tertiary/aromatic N) is 1. The van der Waals surface area contributed by atoms with E-state index in [-0.39, 0.29) is 29.3 Å². The molecule has 1 aromatic heterocycles. The molecule has 22 heavy (non-hydrogen) atoms. The lowest BCUT2D eigenvalue weighted by Gasteiger charge is -2.33. The lowest BCUT2D eigenvalue weighted by atomic mass is 10.1. The maximum atomic E-state index is 12.6. The number of likely N-dealkylation sites (N-methyl/N-ethyl adjacent to an activating group) is 1. The average molecular weight is 321 g/mol. The average Bonchev–Trinajstić information content (AvgIpc) is 2.98.